The van der Waals surface area contributed by atoms with Gasteiger partial charge in [-0.2, -0.15) is 13.2 Å². The first kappa shape index (κ1) is 30.9. The van der Waals surface area contributed by atoms with Gasteiger partial charge in [0.2, 0.25) is 0 Å². The molecule has 4 aromatic rings. The van der Waals surface area contributed by atoms with Gasteiger partial charge in [0.15, 0.2) is 0 Å². The van der Waals surface area contributed by atoms with Gasteiger partial charge in [0.25, 0.3) is 8.32 Å². The topological polar surface area (TPSA) is 47.5 Å². The monoisotopic (exact) mass is 619 g/mol. The molecular formula is C35H40F3N3O2Si. The Labute approximate surface area is 258 Å². The molecule has 2 fully saturated rings. The van der Waals surface area contributed by atoms with Gasteiger partial charge >= 0.3 is 6.18 Å². The number of piperidine rings is 1. The van der Waals surface area contributed by atoms with Crippen LogP contribution in [0.15, 0.2) is 85.3 Å². The molecule has 1 aromatic heterocycles. The first-order valence-electron chi connectivity index (χ1n) is 15.4. The van der Waals surface area contributed by atoms with Crippen LogP contribution in [0.1, 0.15) is 57.6 Å². The summed E-state index contributed by atoms with van der Waals surface area (Å²) >= 11 is 0. The largest absolute Gasteiger partial charge is 0.416 e. The van der Waals surface area contributed by atoms with Gasteiger partial charge in [-0.05, 0) is 71.9 Å². The van der Waals surface area contributed by atoms with E-state index in [0.29, 0.717) is 55.6 Å². The molecular weight excluding hydrogens is 579 g/mol. The highest BCUT2D eigenvalue weighted by Crippen LogP contribution is 2.44. The number of ether oxygens (including phenoxy) is 1. The molecule has 0 saturated carbocycles. The predicted octanol–water partition coefficient (Wildman–Crippen LogP) is 6.56. The van der Waals surface area contributed by atoms with Crippen molar-refractivity contribution in [2.24, 2.45) is 0 Å². The van der Waals surface area contributed by atoms with Crippen molar-refractivity contribution in [2.75, 3.05) is 26.3 Å². The minimum absolute atomic E-state index is 0.181. The van der Waals surface area contributed by atoms with E-state index in [1.54, 1.807) is 6.07 Å². The Balaban J connectivity index is 1.30. The first-order valence-corrected chi connectivity index (χ1v) is 17.3. The van der Waals surface area contributed by atoms with Gasteiger partial charge in [0, 0.05) is 11.6 Å². The van der Waals surface area contributed by atoms with Crippen molar-refractivity contribution >= 4 is 29.6 Å². The van der Waals surface area contributed by atoms with Crippen molar-refractivity contribution in [1.29, 1.82) is 0 Å². The fourth-order valence-electron chi connectivity index (χ4n) is 7.34. The lowest BCUT2D eigenvalue weighted by Gasteiger charge is -2.50. The zero-order valence-electron chi connectivity index (χ0n) is 25.8. The molecule has 0 spiro atoms. The van der Waals surface area contributed by atoms with Crippen molar-refractivity contribution < 1.29 is 22.3 Å². The Morgan fingerprint density at radius 2 is 1.55 bits per heavy atom. The molecule has 2 aliphatic rings. The van der Waals surface area contributed by atoms with Crippen LogP contribution in [0.4, 0.5) is 13.2 Å². The highest BCUT2D eigenvalue weighted by Gasteiger charge is 2.56. The quantitative estimate of drug-likeness (QED) is 0.229. The van der Waals surface area contributed by atoms with Gasteiger partial charge in [-0.1, -0.05) is 81.4 Å². The molecule has 2 unspecified atom stereocenters. The van der Waals surface area contributed by atoms with Crippen LogP contribution in [0.2, 0.25) is 5.04 Å². The second-order valence-corrected chi connectivity index (χ2v) is 17.7. The van der Waals surface area contributed by atoms with E-state index in [4.69, 9.17) is 9.16 Å². The van der Waals surface area contributed by atoms with Crippen LogP contribution in [0.25, 0.3) is 10.9 Å². The maximum Gasteiger partial charge on any atom is 0.416 e. The molecule has 2 saturated heterocycles. The van der Waals surface area contributed by atoms with E-state index in [9.17, 15) is 13.2 Å². The SMILES string of the molecule is CC1(N2CCC(c3cc4ncncc4cc3C(F)(F)F)CC2)COCC1O[Si](c1ccccc1)(c1ccccc1)C(C)(C)C. The van der Waals surface area contributed by atoms with E-state index in [-0.39, 0.29) is 17.1 Å². The summed E-state index contributed by atoms with van der Waals surface area (Å²) in [5.74, 6) is -0.218. The minimum atomic E-state index is -4.45. The Morgan fingerprint density at radius 3 is 2.11 bits per heavy atom. The van der Waals surface area contributed by atoms with Gasteiger partial charge in [-0.3, -0.25) is 4.90 Å². The van der Waals surface area contributed by atoms with Crippen LogP contribution in [-0.4, -0.2) is 61.1 Å². The summed E-state index contributed by atoms with van der Waals surface area (Å²) in [5.41, 5.74) is -0.125. The number of nitrogens with zero attached hydrogens (tertiary/aromatic N) is 3. The van der Waals surface area contributed by atoms with Crippen LogP contribution in [-0.2, 0) is 15.3 Å². The third-order valence-electron chi connectivity index (χ3n) is 9.73. The van der Waals surface area contributed by atoms with Gasteiger partial charge in [0.1, 0.15) is 6.33 Å². The van der Waals surface area contributed by atoms with Crippen LogP contribution < -0.4 is 10.4 Å². The molecule has 0 N–H and O–H groups in total. The van der Waals surface area contributed by atoms with Crippen molar-refractivity contribution in [3.8, 4) is 0 Å². The Hall–Kier alpha value is -3.11. The molecule has 9 heteroatoms. The van der Waals surface area contributed by atoms with E-state index >= 15 is 0 Å². The molecule has 3 aromatic carbocycles. The zero-order chi connectivity index (χ0) is 31.2. The molecule has 0 aliphatic carbocycles. The van der Waals surface area contributed by atoms with Crippen LogP contribution in [0.5, 0.6) is 0 Å². The number of likely N-dealkylation sites (tertiary alicyclic amines) is 1. The van der Waals surface area contributed by atoms with Crippen molar-refractivity contribution in [3.63, 3.8) is 0 Å². The minimum Gasteiger partial charge on any atom is -0.400 e. The smallest absolute Gasteiger partial charge is 0.400 e. The summed E-state index contributed by atoms with van der Waals surface area (Å²) in [7, 11) is -2.83. The summed E-state index contributed by atoms with van der Waals surface area (Å²) in [4.78, 5) is 10.6. The van der Waals surface area contributed by atoms with Crippen LogP contribution >= 0.6 is 0 Å². The van der Waals surface area contributed by atoms with Gasteiger partial charge < -0.3 is 9.16 Å². The number of fused-ring (bicyclic) bond motifs is 1. The Kier molecular flexibility index (Phi) is 8.20. The highest BCUT2D eigenvalue weighted by atomic mass is 28.4. The third kappa shape index (κ3) is 5.48. The lowest BCUT2D eigenvalue weighted by molar-refractivity contribution is -0.138. The lowest BCUT2D eigenvalue weighted by atomic mass is 9.83. The van der Waals surface area contributed by atoms with Crippen LogP contribution in [0.3, 0.4) is 0 Å². The number of rotatable bonds is 6. The third-order valence-corrected chi connectivity index (χ3v) is 14.8. The van der Waals surface area contributed by atoms with Crippen molar-refractivity contribution in [1.82, 2.24) is 14.9 Å². The molecule has 3 heterocycles. The molecule has 2 atom stereocenters. The van der Waals surface area contributed by atoms with E-state index in [0.717, 1.165) is 0 Å². The Bertz CT molecular complexity index is 1550. The fourth-order valence-corrected chi connectivity index (χ4v) is 12.1. The molecule has 0 amide bonds. The summed E-state index contributed by atoms with van der Waals surface area (Å²) < 4.78 is 56.4. The average molecular weight is 620 g/mol. The molecule has 0 bridgehead atoms. The number of hydrogen-bond acceptors (Lipinski definition) is 5. The van der Waals surface area contributed by atoms with Crippen molar-refractivity contribution in [2.45, 2.75) is 69.3 Å². The zero-order valence-corrected chi connectivity index (χ0v) is 26.8. The summed E-state index contributed by atoms with van der Waals surface area (Å²) in [6.07, 6.45) is -0.599. The van der Waals surface area contributed by atoms with Gasteiger partial charge in [-0.15, -0.1) is 0 Å². The standard InChI is InChI=1S/C35H40F3N3O2Si/c1-33(2,3)44(27-11-7-5-8-12-27,28-13-9-6-10-14-28)43-32-22-42-23-34(32,4)41-17-15-25(16-18-41)29-20-31-26(21-39-24-40-31)19-30(29)35(36,37)38/h5-14,19-21,24-25,32H,15-18,22-23H2,1-4H3. The second-order valence-electron chi connectivity index (χ2n) is 13.4. The normalized spacial score (nSPS) is 22.5. The number of aromatic nitrogens is 2. The summed E-state index contributed by atoms with van der Waals surface area (Å²) in [5, 5.41) is 2.65. The summed E-state index contributed by atoms with van der Waals surface area (Å²) in [6, 6.07) is 24.0. The van der Waals surface area contributed by atoms with Gasteiger partial charge in [-0.25, -0.2) is 9.97 Å². The van der Waals surface area contributed by atoms with Crippen molar-refractivity contribution in [3.05, 3.63) is 96.4 Å². The molecule has 2 aliphatic heterocycles. The maximum absolute atomic E-state index is 14.2. The average Bonchev–Trinajstić information content (AvgIpc) is 3.39. The molecule has 0 radical (unpaired) electrons. The molecule has 6 rings (SSSR count). The van der Waals surface area contributed by atoms with E-state index in [1.807, 2.05) is 12.1 Å². The predicted molar refractivity (Wildman–Crippen MR) is 170 cm³/mol. The van der Waals surface area contributed by atoms with E-state index in [1.165, 1.54) is 29.0 Å². The molecule has 5 nitrogen and oxygen atoms in total. The first-order chi connectivity index (χ1) is 20.9. The molecule has 232 valence electrons. The lowest BCUT2D eigenvalue weighted by Crippen LogP contribution is -2.70. The fraction of sp³-hybridized carbons (Fsp3) is 0.429. The number of alkyl halides is 3. The summed E-state index contributed by atoms with van der Waals surface area (Å²) in [6.45, 7) is 11.3. The second kappa shape index (κ2) is 11.7. The van der Waals surface area contributed by atoms with E-state index < -0.39 is 25.6 Å². The number of halogens is 3. The van der Waals surface area contributed by atoms with Crippen LogP contribution in [0, 0.1) is 0 Å². The van der Waals surface area contributed by atoms with E-state index in [2.05, 4.69) is 91.1 Å². The van der Waals surface area contributed by atoms with Gasteiger partial charge in [0.05, 0.1) is 35.9 Å². The maximum atomic E-state index is 14.2. The molecule has 44 heavy (non-hydrogen) atoms. The number of benzene rings is 3. The number of hydrogen-bond donors (Lipinski definition) is 0. The Morgan fingerprint density at radius 1 is 0.932 bits per heavy atom. The highest BCUT2D eigenvalue weighted by molar-refractivity contribution is 6.99.